The van der Waals surface area contributed by atoms with Crippen LogP contribution >= 0.6 is 11.6 Å². The van der Waals surface area contributed by atoms with E-state index in [1.165, 1.54) is 24.3 Å². The molecule has 2 rings (SSSR count). The second kappa shape index (κ2) is 6.07. The molecule has 0 unspecified atom stereocenters. The predicted octanol–water partition coefficient (Wildman–Crippen LogP) is 2.99. The van der Waals surface area contributed by atoms with E-state index in [2.05, 4.69) is 5.16 Å². The van der Waals surface area contributed by atoms with Gasteiger partial charge in [-0.1, -0.05) is 47.1 Å². The van der Waals surface area contributed by atoms with Crippen molar-refractivity contribution in [3.63, 3.8) is 0 Å². The largest absolute Gasteiger partial charge is 0.411 e. The Hall–Kier alpha value is -1.85. The summed E-state index contributed by atoms with van der Waals surface area (Å²) in [5.41, 5.74) is 0.660. The molecule has 6 heteroatoms. The van der Waals surface area contributed by atoms with Gasteiger partial charge in [-0.3, -0.25) is 0 Å². The molecule has 1 N–H and O–H groups in total. The third-order valence-electron chi connectivity index (χ3n) is 2.73. The van der Waals surface area contributed by atoms with E-state index in [0.29, 0.717) is 10.6 Å². The topological polar surface area (TPSA) is 66.7 Å². The molecule has 0 fully saturated rings. The van der Waals surface area contributed by atoms with Crippen LogP contribution in [0.3, 0.4) is 0 Å². The minimum absolute atomic E-state index is 0.0977. The lowest BCUT2D eigenvalue weighted by atomic mass is 10.1. The molecule has 0 aromatic heterocycles. The molecule has 0 aliphatic rings. The van der Waals surface area contributed by atoms with E-state index in [1.54, 1.807) is 30.3 Å². The molecule has 0 heterocycles. The van der Waals surface area contributed by atoms with E-state index in [0.717, 1.165) is 0 Å². The van der Waals surface area contributed by atoms with Gasteiger partial charge in [-0.25, -0.2) is 8.42 Å². The number of sulfone groups is 1. The molecule has 0 spiro atoms. The van der Waals surface area contributed by atoms with Gasteiger partial charge < -0.3 is 5.21 Å². The van der Waals surface area contributed by atoms with E-state index >= 15 is 0 Å². The normalized spacial score (nSPS) is 12.3. The highest BCUT2D eigenvalue weighted by Gasteiger charge is 2.19. The number of halogens is 1. The molecule has 2 aromatic carbocycles. The molecule has 0 atom stereocenters. The van der Waals surface area contributed by atoms with Crippen LogP contribution in [0.2, 0.25) is 5.02 Å². The summed E-state index contributed by atoms with van der Waals surface area (Å²) in [6.07, 6.45) is 0. The average Bonchev–Trinajstić information content (AvgIpc) is 2.46. The first-order valence-electron chi connectivity index (χ1n) is 5.77. The summed E-state index contributed by atoms with van der Waals surface area (Å²) in [5.74, 6) is -0.380. The molecule has 20 heavy (non-hydrogen) atoms. The highest BCUT2D eigenvalue weighted by atomic mass is 35.5. The SMILES string of the molecule is O=S(=O)(C/C(=N/O)c1ccccc1)c1ccc(Cl)cc1. The first-order valence-corrected chi connectivity index (χ1v) is 7.80. The zero-order valence-corrected chi connectivity index (χ0v) is 12.0. The summed E-state index contributed by atoms with van der Waals surface area (Å²) in [6.45, 7) is 0. The zero-order chi connectivity index (χ0) is 14.6. The summed E-state index contributed by atoms with van der Waals surface area (Å²) < 4.78 is 24.5. The molecular formula is C14H12ClNO3S. The Morgan fingerprint density at radius 1 is 1.05 bits per heavy atom. The second-order valence-electron chi connectivity index (χ2n) is 4.13. The molecule has 0 bridgehead atoms. The number of oxime groups is 1. The Morgan fingerprint density at radius 2 is 1.65 bits per heavy atom. The Labute approximate surface area is 122 Å². The van der Waals surface area contributed by atoms with Gasteiger partial charge in [0.1, 0.15) is 11.5 Å². The molecule has 0 aliphatic heterocycles. The van der Waals surface area contributed by atoms with Crippen molar-refractivity contribution >= 4 is 27.1 Å². The molecule has 0 aliphatic carbocycles. The maximum atomic E-state index is 12.3. The zero-order valence-electron chi connectivity index (χ0n) is 10.4. The maximum Gasteiger partial charge on any atom is 0.184 e. The molecule has 2 aromatic rings. The Balaban J connectivity index is 2.30. The summed E-state index contributed by atoms with van der Waals surface area (Å²) >= 11 is 5.73. The van der Waals surface area contributed by atoms with Crippen LogP contribution in [-0.4, -0.2) is 25.1 Å². The predicted molar refractivity (Wildman–Crippen MR) is 78.3 cm³/mol. The third kappa shape index (κ3) is 3.37. The van der Waals surface area contributed by atoms with Crippen molar-refractivity contribution in [1.29, 1.82) is 0 Å². The minimum Gasteiger partial charge on any atom is -0.411 e. The number of nitrogens with zero attached hydrogens (tertiary/aromatic N) is 1. The molecule has 0 amide bonds. The molecule has 104 valence electrons. The van der Waals surface area contributed by atoms with Crippen LogP contribution in [0.15, 0.2) is 64.6 Å². The molecular weight excluding hydrogens is 298 g/mol. The van der Waals surface area contributed by atoms with Gasteiger partial charge in [-0.05, 0) is 24.3 Å². The van der Waals surface area contributed by atoms with Crippen molar-refractivity contribution in [1.82, 2.24) is 0 Å². The van der Waals surface area contributed by atoms with Crippen LogP contribution in [0.1, 0.15) is 5.56 Å². The summed E-state index contributed by atoms with van der Waals surface area (Å²) in [7, 11) is -3.59. The van der Waals surface area contributed by atoms with Crippen LogP contribution in [0.4, 0.5) is 0 Å². The molecule has 0 saturated heterocycles. The van der Waals surface area contributed by atoms with E-state index in [1.807, 2.05) is 0 Å². The van der Waals surface area contributed by atoms with Gasteiger partial charge in [0.25, 0.3) is 0 Å². The maximum absolute atomic E-state index is 12.3. The third-order valence-corrected chi connectivity index (χ3v) is 4.62. The van der Waals surface area contributed by atoms with Crippen molar-refractivity contribution in [3.8, 4) is 0 Å². The fourth-order valence-electron chi connectivity index (χ4n) is 1.71. The van der Waals surface area contributed by atoms with E-state index in [4.69, 9.17) is 16.8 Å². The van der Waals surface area contributed by atoms with Crippen LogP contribution in [-0.2, 0) is 9.84 Å². The van der Waals surface area contributed by atoms with E-state index in [9.17, 15) is 8.42 Å². The standard InChI is InChI=1S/C14H12ClNO3S/c15-12-6-8-13(9-7-12)20(18,19)10-14(16-17)11-4-2-1-3-5-11/h1-9,17H,10H2/b16-14-. The summed E-state index contributed by atoms with van der Waals surface area (Å²) in [4.78, 5) is 0.138. The fraction of sp³-hybridized carbons (Fsp3) is 0.0714. The summed E-state index contributed by atoms with van der Waals surface area (Å²) in [6, 6.07) is 14.5. The Kier molecular flexibility index (Phi) is 4.42. The quantitative estimate of drug-likeness (QED) is 0.536. The van der Waals surface area contributed by atoms with Gasteiger partial charge in [0, 0.05) is 10.6 Å². The van der Waals surface area contributed by atoms with Crippen molar-refractivity contribution in [2.45, 2.75) is 4.90 Å². The minimum atomic E-state index is -3.59. The van der Waals surface area contributed by atoms with Gasteiger partial charge >= 0.3 is 0 Å². The number of benzene rings is 2. The van der Waals surface area contributed by atoms with Gasteiger partial charge in [0.15, 0.2) is 9.84 Å². The van der Waals surface area contributed by atoms with Crippen molar-refractivity contribution < 1.29 is 13.6 Å². The van der Waals surface area contributed by atoms with Crippen LogP contribution < -0.4 is 0 Å². The lowest BCUT2D eigenvalue weighted by Gasteiger charge is -2.06. The average molecular weight is 310 g/mol. The highest BCUT2D eigenvalue weighted by Crippen LogP contribution is 2.16. The molecule has 0 radical (unpaired) electrons. The van der Waals surface area contributed by atoms with Crippen LogP contribution in [0, 0.1) is 0 Å². The van der Waals surface area contributed by atoms with Crippen molar-refractivity contribution in [2.75, 3.05) is 5.75 Å². The lowest BCUT2D eigenvalue weighted by molar-refractivity contribution is 0.319. The highest BCUT2D eigenvalue weighted by molar-refractivity contribution is 7.92. The number of rotatable bonds is 4. The first-order chi connectivity index (χ1) is 9.53. The lowest BCUT2D eigenvalue weighted by Crippen LogP contribution is -2.17. The second-order valence-corrected chi connectivity index (χ2v) is 6.55. The van der Waals surface area contributed by atoms with Gasteiger partial charge in [-0.15, -0.1) is 0 Å². The van der Waals surface area contributed by atoms with E-state index in [-0.39, 0.29) is 16.4 Å². The fourth-order valence-corrected chi connectivity index (χ4v) is 3.13. The Morgan fingerprint density at radius 3 is 2.20 bits per heavy atom. The molecule has 0 saturated carbocycles. The first kappa shape index (κ1) is 14.6. The summed E-state index contributed by atoms with van der Waals surface area (Å²) in [5, 5.41) is 12.6. The Bertz CT molecular complexity index is 710. The number of hydrogen-bond acceptors (Lipinski definition) is 4. The smallest absolute Gasteiger partial charge is 0.184 e. The van der Waals surface area contributed by atoms with Crippen LogP contribution in [0.25, 0.3) is 0 Å². The molecule has 4 nitrogen and oxygen atoms in total. The van der Waals surface area contributed by atoms with E-state index < -0.39 is 9.84 Å². The number of hydrogen-bond donors (Lipinski definition) is 1. The van der Waals surface area contributed by atoms with Crippen LogP contribution in [0.5, 0.6) is 0 Å². The van der Waals surface area contributed by atoms with Crippen molar-refractivity contribution in [3.05, 3.63) is 65.2 Å². The van der Waals surface area contributed by atoms with Gasteiger partial charge in [-0.2, -0.15) is 0 Å². The van der Waals surface area contributed by atoms with Gasteiger partial charge in [0.2, 0.25) is 0 Å². The van der Waals surface area contributed by atoms with Crippen molar-refractivity contribution in [2.24, 2.45) is 5.16 Å². The monoisotopic (exact) mass is 309 g/mol. The van der Waals surface area contributed by atoms with Gasteiger partial charge in [0.05, 0.1) is 4.90 Å².